The van der Waals surface area contributed by atoms with Crippen LogP contribution in [0.1, 0.15) is 47.0 Å². The monoisotopic (exact) mass is 326 g/mol. The minimum Gasteiger partial charge on any atom is -0.466 e. The highest BCUT2D eigenvalue weighted by atomic mass is 16.6. The van der Waals surface area contributed by atoms with Gasteiger partial charge < -0.3 is 19.7 Å². The van der Waals surface area contributed by atoms with Gasteiger partial charge in [-0.2, -0.15) is 0 Å². The fraction of sp³-hybridized carbons (Fsp3) is 0.882. The summed E-state index contributed by atoms with van der Waals surface area (Å²) in [6.45, 7) is 9.61. The van der Waals surface area contributed by atoms with E-state index in [1.807, 2.05) is 20.8 Å². The van der Waals surface area contributed by atoms with E-state index < -0.39 is 5.60 Å². The number of esters is 1. The van der Waals surface area contributed by atoms with Gasteiger partial charge in [0.1, 0.15) is 5.60 Å². The van der Waals surface area contributed by atoms with Crippen LogP contribution in [0.25, 0.3) is 0 Å². The van der Waals surface area contributed by atoms with Crippen LogP contribution in [0.15, 0.2) is 0 Å². The average Bonchev–Trinajstić information content (AvgIpc) is 3.27. The normalized spacial score (nSPS) is 25.1. The summed E-state index contributed by atoms with van der Waals surface area (Å²) < 4.78 is 10.6. The number of nitrogens with zero attached hydrogens (tertiary/aromatic N) is 1. The Balaban J connectivity index is 1.96. The quantitative estimate of drug-likeness (QED) is 0.784. The van der Waals surface area contributed by atoms with Gasteiger partial charge >= 0.3 is 12.1 Å². The molecular weight excluding hydrogens is 296 g/mol. The molecule has 1 saturated carbocycles. The molecule has 1 heterocycles. The molecule has 2 aliphatic rings. The fourth-order valence-corrected chi connectivity index (χ4v) is 2.82. The highest BCUT2D eigenvalue weighted by Gasteiger charge is 2.38. The predicted molar refractivity (Wildman–Crippen MR) is 87.1 cm³/mol. The second-order valence-electron chi connectivity index (χ2n) is 7.53. The largest absolute Gasteiger partial charge is 0.466 e. The number of nitrogens with one attached hydrogen (secondary N) is 1. The van der Waals surface area contributed by atoms with Gasteiger partial charge in [-0.25, -0.2) is 4.79 Å². The van der Waals surface area contributed by atoms with Crippen molar-refractivity contribution in [3.63, 3.8) is 0 Å². The van der Waals surface area contributed by atoms with Crippen molar-refractivity contribution in [2.45, 2.75) is 58.6 Å². The van der Waals surface area contributed by atoms with Crippen LogP contribution in [-0.2, 0) is 14.3 Å². The average molecular weight is 326 g/mol. The molecule has 1 amide bonds. The lowest BCUT2D eigenvalue weighted by atomic mass is 9.92. The predicted octanol–water partition coefficient (Wildman–Crippen LogP) is 2.17. The molecule has 0 aromatic heterocycles. The molecule has 2 rings (SSSR count). The minimum absolute atomic E-state index is 0.0772. The number of amides is 1. The summed E-state index contributed by atoms with van der Waals surface area (Å²) in [5.74, 6) is 0.200. The first-order valence-electron chi connectivity index (χ1n) is 8.68. The Morgan fingerprint density at radius 2 is 1.91 bits per heavy atom. The molecule has 23 heavy (non-hydrogen) atoms. The minimum atomic E-state index is -0.530. The van der Waals surface area contributed by atoms with Crippen molar-refractivity contribution in [1.29, 1.82) is 0 Å². The van der Waals surface area contributed by atoms with Crippen molar-refractivity contribution < 1.29 is 19.1 Å². The standard InChI is InChI=1S/C17H30N2O4/c1-5-22-15(20)13-11-19(16(21)23-17(2,3)4)9-8-14(13)18-10-12-6-7-12/h12-14,18H,5-11H2,1-4H3/t13-,14+/m1/s1. The third kappa shape index (κ3) is 5.68. The number of carbonyl (C=O) groups excluding carboxylic acids is 2. The zero-order chi connectivity index (χ0) is 17.0. The highest BCUT2D eigenvalue weighted by Crippen LogP contribution is 2.29. The van der Waals surface area contributed by atoms with Crippen LogP contribution in [0.5, 0.6) is 0 Å². The summed E-state index contributed by atoms with van der Waals surface area (Å²) in [4.78, 5) is 26.2. The van der Waals surface area contributed by atoms with E-state index in [1.54, 1.807) is 11.8 Å². The van der Waals surface area contributed by atoms with E-state index in [2.05, 4.69) is 5.32 Å². The molecule has 0 aromatic rings. The Bertz CT molecular complexity index is 429. The van der Waals surface area contributed by atoms with Gasteiger partial charge in [-0.15, -0.1) is 0 Å². The summed E-state index contributed by atoms with van der Waals surface area (Å²) in [6.07, 6.45) is 2.93. The highest BCUT2D eigenvalue weighted by molar-refractivity contribution is 5.75. The van der Waals surface area contributed by atoms with Crippen LogP contribution in [0.4, 0.5) is 4.79 Å². The van der Waals surface area contributed by atoms with Gasteiger partial charge in [-0.05, 0) is 59.4 Å². The van der Waals surface area contributed by atoms with Crippen LogP contribution in [-0.4, -0.2) is 54.8 Å². The first-order chi connectivity index (χ1) is 10.8. The first-order valence-corrected chi connectivity index (χ1v) is 8.68. The van der Waals surface area contributed by atoms with Crippen LogP contribution in [0, 0.1) is 11.8 Å². The number of likely N-dealkylation sites (tertiary alicyclic amines) is 1. The molecule has 2 atom stereocenters. The maximum Gasteiger partial charge on any atom is 0.410 e. The molecule has 6 nitrogen and oxygen atoms in total. The van der Waals surface area contributed by atoms with Crippen molar-refractivity contribution in [2.24, 2.45) is 11.8 Å². The molecule has 0 aromatic carbocycles. The van der Waals surface area contributed by atoms with Crippen LogP contribution in [0.2, 0.25) is 0 Å². The zero-order valence-corrected chi connectivity index (χ0v) is 14.8. The summed E-state index contributed by atoms with van der Waals surface area (Å²) in [5.41, 5.74) is -0.530. The van der Waals surface area contributed by atoms with Crippen molar-refractivity contribution in [3.8, 4) is 0 Å². The lowest BCUT2D eigenvalue weighted by molar-refractivity contribution is -0.150. The van der Waals surface area contributed by atoms with E-state index >= 15 is 0 Å². The van der Waals surface area contributed by atoms with Gasteiger partial charge in [0.15, 0.2) is 0 Å². The summed E-state index contributed by atoms with van der Waals surface area (Å²) in [5, 5.41) is 3.50. The van der Waals surface area contributed by atoms with E-state index in [1.165, 1.54) is 12.8 Å². The zero-order valence-electron chi connectivity index (χ0n) is 14.8. The molecule has 0 spiro atoms. The molecule has 6 heteroatoms. The van der Waals surface area contributed by atoms with E-state index in [4.69, 9.17) is 9.47 Å². The van der Waals surface area contributed by atoms with Crippen LogP contribution >= 0.6 is 0 Å². The molecule has 0 bridgehead atoms. The van der Waals surface area contributed by atoms with Gasteiger partial charge in [0.25, 0.3) is 0 Å². The van der Waals surface area contributed by atoms with Crippen molar-refractivity contribution in [1.82, 2.24) is 10.2 Å². The lowest BCUT2D eigenvalue weighted by Crippen LogP contribution is -2.55. The van der Waals surface area contributed by atoms with Crippen LogP contribution in [0.3, 0.4) is 0 Å². The van der Waals surface area contributed by atoms with Gasteiger partial charge in [0.05, 0.1) is 12.5 Å². The smallest absolute Gasteiger partial charge is 0.410 e. The summed E-state index contributed by atoms with van der Waals surface area (Å²) in [7, 11) is 0. The van der Waals surface area contributed by atoms with Crippen LogP contribution < -0.4 is 5.32 Å². The second-order valence-corrected chi connectivity index (χ2v) is 7.53. The van der Waals surface area contributed by atoms with E-state index in [0.717, 1.165) is 18.9 Å². The first kappa shape index (κ1) is 18.0. The molecular formula is C17H30N2O4. The topological polar surface area (TPSA) is 67.9 Å². The Labute approximate surface area is 138 Å². The maximum atomic E-state index is 12.3. The molecule has 2 fully saturated rings. The van der Waals surface area contributed by atoms with E-state index in [0.29, 0.717) is 19.7 Å². The second kappa shape index (κ2) is 7.51. The Morgan fingerprint density at radius 3 is 2.48 bits per heavy atom. The number of rotatable bonds is 5. The van der Waals surface area contributed by atoms with Crippen molar-refractivity contribution in [2.75, 3.05) is 26.2 Å². The Kier molecular flexibility index (Phi) is 5.89. The Morgan fingerprint density at radius 1 is 1.22 bits per heavy atom. The molecule has 1 aliphatic heterocycles. The van der Waals surface area contributed by atoms with Crippen molar-refractivity contribution >= 4 is 12.1 Å². The van der Waals surface area contributed by atoms with Gasteiger partial charge in [0, 0.05) is 19.1 Å². The van der Waals surface area contributed by atoms with E-state index in [9.17, 15) is 9.59 Å². The molecule has 1 aliphatic carbocycles. The van der Waals surface area contributed by atoms with E-state index in [-0.39, 0.29) is 24.0 Å². The number of ether oxygens (including phenoxy) is 2. The summed E-state index contributed by atoms with van der Waals surface area (Å²) >= 11 is 0. The van der Waals surface area contributed by atoms with Crippen molar-refractivity contribution in [3.05, 3.63) is 0 Å². The summed E-state index contributed by atoms with van der Waals surface area (Å²) in [6, 6.07) is 0.0772. The number of hydrogen-bond donors (Lipinski definition) is 1. The number of hydrogen-bond acceptors (Lipinski definition) is 5. The Hall–Kier alpha value is -1.30. The third-order valence-electron chi connectivity index (χ3n) is 4.22. The molecule has 1 N–H and O–H groups in total. The lowest BCUT2D eigenvalue weighted by Gasteiger charge is -2.38. The van der Waals surface area contributed by atoms with Gasteiger partial charge in [-0.1, -0.05) is 0 Å². The molecule has 132 valence electrons. The SMILES string of the molecule is CCOC(=O)[C@@H]1CN(C(=O)OC(C)(C)C)CC[C@@H]1NCC1CC1. The molecule has 0 radical (unpaired) electrons. The molecule has 1 saturated heterocycles. The molecule has 0 unspecified atom stereocenters. The van der Waals surface area contributed by atoms with Gasteiger partial charge in [-0.3, -0.25) is 4.79 Å². The van der Waals surface area contributed by atoms with Gasteiger partial charge in [0.2, 0.25) is 0 Å². The number of carbonyl (C=O) groups is 2. The fourth-order valence-electron chi connectivity index (χ4n) is 2.82. The number of piperidine rings is 1. The third-order valence-corrected chi connectivity index (χ3v) is 4.22. The maximum absolute atomic E-state index is 12.3.